The lowest BCUT2D eigenvalue weighted by Crippen LogP contribution is -2.36. The van der Waals surface area contributed by atoms with E-state index in [1.54, 1.807) is 0 Å². The van der Waals surface area contributed by atoms with Crippen molar-refractivity contribution in [1.29, 1.82) is 0 Å². The van der Waals surface area contributed by atoms with Gasteiger partial charge in [-0.3, -0.25) is 4.79 Å². The molecule has 2 rings (SSSR count). The zero-order chi connectivity index (χ0) is 14.8. The Morgan fingerprint density at radius 2 is 2.10 bits per heavy atom. The molecule has 0 aliphatic heterocycles. The molecular weight excluding hydrogens is 337 g/mol. The number of rotatable bonds is 2. The van der Waals surface area contributed by atoms with Crippen LogP contribution in [-0.4, -0.2) is 16.9 Å². The van der Waals surface area contributed by atoms with Gasteiger partial charge >= 0.3 is 6.18 Å². The van der Waals surface area contributed by atoms with Gasteiger partial charge in [-0.1, -0.05) is 12.2 Å². The van der Waals surface area contributed by atoms with Crippen LogP contribution in [0.4, 0.5) is 13.2 Å². The van der Waals surface area contributed by atoms with E-state index in [1.165, 1.54) is 6.07 Å². The Hall–Kier alpha value is -1.37. The Kier molecular flexibility index (Phi) is 4.47. The highest BCUT2D eigenvalue weighted by atomic mass is 79.9. The second-order valence-corrected chi connectivity index (χ2v) is 5.33. The first-order valence-corrected chi connectivity index (χ1v) is 6.87. The maximum atomic E-state index is 12.6. The van der Waals surface area contributed by atoms with Crippen LogP contribution in [0.3, 0.4) is 0 Å². The van der Waals surface area contributed by atoms with E-state index in [0.717, 1.165) is 18.9 Å². The summed E-state index contributed by atoms with van der Waals surface area (Å²) < 4.78 is 38.1. The van der Waals surface area contributed by atoms with Gasteiger partial charge in [0.2, 0.25) is 0 Å². The Morgan fingerprint density at radius 3 is 2.70 bits per heavy atom. The van der Waals surface area contributed by atoms with Crippen molar-refractivity contribution < 1.29 is 18.0 Å². The molecule has 0 spiro atoms. The quantitative estimate of drug-likeness (QED) is 0.828. The van der Waals surface area contributed by atoms with Crippen LogP contribution in [0.1, 0.15) is 35.4 Å². The van der Waals surface area contributed by atoms with Crippen LogP contribution in [0.15, 0.2) is 28.8 Å². The number of halogens is 4. The Balaban J connectivity index is 2.18. The highest BCUT2D eigenvalue weighted by Gasteiger charge is 2.33. The molecule has 0 bridgehead atoms. The number of amides is 1. The predicted molar refractivity (Wildman–Crippen MR) is 71.2 cm³/mol. The van der Waals surface area contributed by atoms with E-state index in [-0.39, 0.29) is 16.2 Å². The van der Waals surface area contributed by atoms with Crippen LogP contribution < -0.4 is 5.32 Å². The molecule has 1 unspecified atom stereocenters. The summed E-state index contributed by atoms with van der Waals surface area (Å²) in [7, 11) is 0. The van der Waals surface area contributed by atoms with Crippen LogP contribution in [0.25, 0.3) is 0 Å². The average molecular weight is 349 g/mol. The SMILES string of the molecule is O=C(NC1CC=CCC1)c1nc(C(F)(F)F)ccc1Br. The Bertz CT molecular complexity index is 543. The third kappa shape index (κ3) is 3.59. The third-order valence-electron chi connectivity index (χ3n) is 2.96. The number of pyridine rings is 1. The summed E-state index contributed by atoms with van der Waals surface area (Å²) in [4.78, 5) is 15.4. The van der Waals surface area contributed by atoms with Gasteiger partial charge in [0.25, 0.3) is 5.91 Å². The number of aromatic nitrogens is 1. The molecule has 7 heteroatoms. The average Bonchev–Trinajstić information content (AvgIpc) is 2.39. The summed E-state index contributed by atoms with van der Waals surface area (Å²) in [5.74, 6) is -0.594. The zero-order valence-corrected chi connectivity index (χ0v) is 12.0. The lowest BCUT2D eigenvalue weighted by atomic mass is 10.0. The van der Waals surface area contributed by atoms with Crippen molar-refractivity contribution in [3.63, 3.8) is 0 Å². The monoisotopic (exact) mass is 348 g/mol. The fourth-order valence-corrected chi connectivity index (χ4v) is 2.34. The lowest BCUT2D eigenvalue weighted by Gasteiger charge is -2.19. The summed E-state index contributed by atoms with van der Waals surface area (Å²) in [5.41, 5.74) is -1.32. The van der Waals surface area contributed by atoms with Crippen LogP contribution in [0.5, 0.6) is 0 Å². The first-order chi connectivity index (χ1) is 9.38. The van der Waals surface area contributed by atoms with Crippen LogP contribution in [-0.2, 0) is 6.18 Å². The molecule has 20 heavy (non-hydrogen) atoms. The summed E-state index contributed by atoms with van der Waals surface area (Å²) in [6.45, 7) is 0. The number of hydrogen-bond donors (Lipinski definition) is 1. The maximum Gasteiger partial charge on any atom is 0.433 e. The van der Waals surface area contributed by atoms with Gasteiger partial charge in [-0.2, -0.15) is 13.2 Å². The van der Waals surface area contributed by atoms with Crippen molar-refractivity contribution >= 4 is 21.8 Å². The van der Waals surface area contributed by atoms with Crippen molar-refractivity contribution in [2.75, 3.05) is 0 Å². The van der Waals surface area contributed by atoms with Gasteiger partial charge in [0.15, 0.2) is 0 Å². The summed E-state index contributed by atoms with van der Waals surface area (Å²) in [6, 6.07) is 1.96. The van der Waals surface area contributed by atoms with Gasteiger partial charge in [-0.05, 0) is 47.3 Å². The molecule has 0 radical (unpaired) electrons. The van der Waals surface area contributed by atoms with E-state index in [1.807, 2.05) is 12.2 Å². The first kappa shape index (κ1) is 15.0. The van der Waals surface area contributed by atoms with Crippen LogP contribution >= 0.6 is 15.9 Å². The van der Waals surface area contributed by atoms with Crippen molar-refractivity contribution in [1.82, 2.24) is 10.3 Å². The molecule has 1 heterocycles. The third-order valence-corrected chi connectivity index (χ3v) is 3.60. The van der Waals surface area contributed by atoms with Gasteiger partial charge in [0.1, 0.15) is 11.4 Å². The summed E-state index contributed by atoms with van der Waals surface area (Å²) >= 11 is 3.06. The molecule has 1 aromatic rings. The molecular formula is C13H12BrF3N2O. The number of carbonyl (C=O) groups is 1. The maximum absolute atomic E-state index is 12.6. The van der Waals surface area contributed by atoms with Crippen molar-refractivity contribution in [2.45, 2.75) is 31.5 Å². The van der Waals surface area contributed by atoms with Crippen LogP contribution in [0, 0.1) is 0 Å². The summed E-state index contributed by atoms with van der Waals surface area (Å²) in [6.07, 6.45) is 1.71. The highest BCUT2D eigenvalue weighted by Crippen LogP contribution is 2.29. The van der Waals surface area contributed by atoms with Gasteiger partial charge < -0.3 is 5.32 Å². The van der Waals surface area contributed by atoms with Gasteiger partial charge in [-0.25, -0.2) is 4.98 Å². The Morgan fingerprint density at radius 1 is 1.35 bits per heavy atom. The number of alkyl halides is 3. The fourth-order valence-electron chi connectivity index (χ4n) is 1.94. The van der Waals surface area contributed by atoms with E-state index in [0.29, 0.717) is 6.42 Å². The minimum atomic E-state index is -4.57. The van der Waals surface area contributed by atoms with Crippen LogP contribution in [0.2, 0.25) is 0 Å². The second kappa shape index (κ2) is 5.95. The van der Waals surface area contributed by atoms with Crippen molar-refractivity contribution in [2.24, 2.45) is 0 Å². The molecule has 1 N–H and O–H groups in total. The molecule has 0 fully saturated rings. The van der Waals surface area contributed by atoms with E-state index < -0.39 is 17.8 Å². The van der Waals surface area contributed by atoms with Gasteiger partial charge in [-0.15, -0.1) is 0 Å². The molecule has 1 aromatic heterocycles. The minimum Gasteiger partial charge on any atom is -0.348 e. The number of nitrogens with zero attached hydrogens (tertiary/aromatic N) is 1. The minimum absolute atomic E-state index is 0.0595. The molecule has 1 aliphatic rings. The molecule has 0 aromatic carbocycles. The Labute approximate surface area is 122 Å². The molecule has 1 amide bonds. The van der Waals surface area contributed by atoms with Gasteiger partial charge in [0.05, 0.1) is 0 Å². The van der Waals surface area contributed by atoms with E-state index in [9.17, 15) is 18.0 Å². The van der Waals surface area contributed by atoms with E-state index in [2.05, 4.69) is 26.2 Å². The van der Waals surface area contributed by atoms with Crippen molar-refractivity contribution in [3.8, 4) is 0 Å². The molecule has 1 atom stereocenters. The molecule has 0 saturated carbocycles. The number of nitrogens with one attached hydrogen (secondary N) is 1. The number of carbonyl (C=O) groups excluding carboxylic acids is 1. The lowest BCUT2D eigenvalue weighted by molar-refractivity contribution is -0.141. The summed E-state index contributed by atoms with van der Waals surface area (Å²) in [5, 5.41) is 2.70. The number of allylic oxidation sites excluding steroid dienone is 1. The molecule has 1 aliphatic carbocycles. The van der Waals surface area contributed by atoms with E-state index in [4.69, 9.17) is 0 Å². The molecule has 0 saturated heterocycles. The normalized spacial score (nSPS) is 18.9. The van der Waals surface area contributed by atoms with Gasteiger partial charge in [0, 0.05) is 10.5 Å². The standard InChI is InChI=1S/C13H12BrF3N2O/c14-9-6-7-10(13(15,16)17)19-11(9)12(20)18-8-4-2-1-3-5-8/h1-2,6-8H,3-5H2,(H,18,20). The van der Waals surface area contributed by atoms with E-state index >= 15 is 0 Å². The number of hydrogen-bond acceptors (Lipinski definition) is 2. The topological polar surface area (TPSA) is 42.0 Å². The largest absolute Gasteiger partial charge is 0.433 e. The highest BCUT2D eigenvalue weighted by molar-refractivity contribution is 9.10. The first-order valence-electron chi connectivity index (χ1n) is 6.07. The van der Waals surface area contributed by atoms with Crippen molar-refractivity contribution in [3.05, 3.63) is 40.1 Å². The molecule has 108 valence electrons. The molecule has 3 nitrogen and oxygen atoms in total. The second-order valence-electron chi connectivity index (χ2n) is 4.48. The smallest absolute Gasteiger partial charge is 0.348 e. The predicted octanol–water partition coefficient (Wildman–Crippen LogP) is 3.70. The fraction of sp³-hybridized carbons (Fsp3) is 0.385. The zero-order valence-electron chi connectivity index (χ0n) is 10.4.